The van der Waals surface area contributed by atoms with Crippen molar-refractivity contribution in [3.63, 3.8) is 0 Å². The Morgan fingerprint density at radius 1 is 1.48 bits per heavy atom. The van der Waals surface area contributed by atoms with Gasteiger partial charge in [0.2, 0.25) is 0 Å². The Balaban J connectivity index is 1.70. The summed E-state index contributed by atoms with van der Waals surface area (Å²) in [5.74, 6) is 2.17. The molecule has 0 bridgehead atoms. The third-order valence-electron chi connectivity index (χ3n) is 4.37. The van der Waals surface area contributed by atoms with Crippen LogP contribution in [0.25, 0.3) is 0 Å². The highest BCUT2D eigenvalue weighted by molar-refractivity contribution is 7.10. The van der Waals surface area contributed by atoms with Crippen LogP contribution < -0.4 is 5.32 Å². The first-order chi connectivity index (χ1) is 10.2. The average Bonchev–Trinajstić information content (AvgIpc) is 3.07. The molecule has 0 aliphatic carbocycles. The lowest BCUT2D eigenvalue weighted by Gasteiger charge is -2.32. The summed E-state index contributed by atoms with van der Waals surface area (Å²) in [6, 6.07) is 4.96. The molecule has 1 N–H and O–H groups in total. The zero-order chi connectivity index (χ0) is 14.8. The molecule has 0 fully saturated rings. The highest BCUT2D eigenvalue weighted by atomic mass is 32.1. The van der Waals surface area contributed by atoms with Crippen LogP contribution >= 0.6 is 11.3 Å². The summed E-state index contributed by atoms with van der Waals surface area (Å²) in [6.45, 7) is 10.4. The second-order valence-corrected chi connectivity index (χ2v) is 6.80. The molecule has 0 amide bonds. The topological polar surface area (TPSA) is 28.4 Å². The Morgan fingerprint density at radius 3 is 3.14 bits per heavy atom. The van der Waals surface area contributed by atoms with Crippen LogP contribution in [0.15, 0.2) is 21.9 Å². The molecule has 1 atom stereocenters. The minimum atomic E-state index is 0.489. The van der Waals surface area contributed by atoms with Crippen molar-refractivity contribution < 1.29 is 4.42 Å². The molecule has 0 saturated heterocycles. The predicted octanol–water partition coefficient (Wildman–Crippen LogP) is 3.88. The lowest BCUT2D eigenvalue weighted by molar-refractivity contribution is 0.175. The van der Waals surface area contributed by atoms with E-state index in [-0.39, 0.29) is 0 Å². The summed E-state index contributed by atoms with van der Waals surface area (Å²) < 4.78 is 6.04. The van der Waals surface area contributed by atoms with Crippen molar-refractivity contribution in [3.05, 3.63) is 45.0 Å². The summed E-state index contributed by atoms with van der Waals surface area (Å²) >= 11 is 1.89. The Hall–Kier alpha value is -1.10. The smallest absolute Gasteiger partial charge is 0.120 e. The van der Waals surface area contributed by atoms with Crippen molar-refractivity contribution in [2.24, 2.45) is 0 Å². The van der Waals surface area contributed by atoms with E-state index in [2.05, 4.69) is 48.5 Å². The highest BCUT2D eigenvalue weighted by Crippen LogP contribution is 2.34. The van der Waals surface area contributed by atoms with Crippen LogP contribution in [-0.4, -0.2) is 18.0 Å². The number of furan rings is 1. The molecule has 0 aromatic carbocycles. The minimum absolute atomic E-state index is 0.489. The predicted molar refractivity (Wildman–Crippen MR) is 87.7 cm³/mol. The summed E-state index contributed by atoms with van der Waals surface area (Å²) in [6.07, 6.45) is 1.17. The Kier molecular flexibility index (Phi) is 4.48. The van der Waals surface area contributed by atoms with E-state index in [4.69, 9.17) is 4.42 Å². The van der Waals surface area contributed by atoms with Gasteiger partial charge in [0, 0.05) is 17.5 Å². The van der Waals surface area contributed by atoms with Gasteiger partial charge >= 0.3 is 0 Å². The maximum absolute atomic E-state index is 6.04. The van der Waals surface area contributed by atoms with Gasteiger partial charge in [0.05, 0.1) is 13.1 Å². The van der Waals surface area contributed by atoms with Crippen LogP contribution in [-0.2, 0) is 19.5 Å². The van der Waals surface area contributed by atoms with Crippen LogP contribution in [0.2, 0.25) is 0 Å². The van der Waals surface area contributed by atoms with E-state index in [0.29, 0.717) is 6.04 Å². The van der Waals surface area contributed by atoms with Crippen molar-refractivity contribution in [3.8, 4) is 0 Å². The average molecular weight is 304 g/mol. The molecule has 3 heterocycles. The second kappa shape index (κ2) is 6.34. The number of rotatable bonds is 5. The molecule has 0 radical (unpaired) electrons. The fraction of sp³-hybridized carbons (Fsp3) is 0.529. The SMILES string of the molecule is CCNCc1oc(CN2CCc3sccc3C2C)cc1C. The number of hydrogen-bond donors (Lipinski definition) is 1. The summed E-state index contributed by atoms with van der Waals surface area (Å²) in [5, 5.41) is 5.55. The van der Waals surface area contributed by atoms with Gasteiger partial charge in [-0.1, -0.05) is 6.92 Å². The van der Waals surface area contributed by atoms with Gasteiger partial charge in [0.1, 0.15) is 11.5 Å². The van der Waals surface area contributed by atoms with Gasteiger partial charge in [0.25, 0.3) is 0 Å². The zero-order valence-electron chi connectivity index (χ0n) is 13.1. The van der Waals surface area contributed by atoms with Gasteiger partial charge in [-0.25, -0.2) is 0 Å². The molecule has 21 heavy (non-hydrogen) atoms. The summed E-state index contributed by atoms with van der Waals surface area (Å²) in [5.41, 5.74) is 2.76. The third-order valence-corrected chi connectivity index (χ3v) is 5.37. The van der Waals surface area contributed by atoms with Gasteiger partial charge in [-0.3, -0.25) is 4.90 Å². The largest absolute Gasteiger partial charge is 0.463 e. The van der Waals surface area contributed by atoms with Gasteiger partial charge in [-0.2, -0.15) is 0 Å². The van der Waals surface area contributed by atoms with E-state index in [1.54, 1.807) is 4.88 Å². The van der Waals surface area contributed by atoms with Crippen LogP contribution in [0, 0.1) is 6.92 Å². The maximum Gasteiger partial charge on any atom is 0.120 e. The monoisotopic (exact) mass is 304 g/mol. The number of hydrogen-bond acceptors (Lipinski definition) is 4. The molecule has 1 unspecified atom stereocenters. The molecule has 1 aliphatic rings. The second-order valence-electron chi connectivity index (χ2n) is 5.79. The molecule has 0 spiro atoms. The van der Waals surface area contributed by atoms with E-state index < -0.39 is 0 Å². The third kappa shape index (κ3) is 3.07. The lowest BCUT2D eigenvalue weighted by atomic mass is 10.0. The molecule has 3 rings (SSSR count). The Bertz CT molecular complexity index is 602. The number of nitrogens with one attached hydrogen (secondary N) is 1. The summed E-state index contributed by atoms with van der Waals surface area (Å²) in [4.78, 5) is 4.08. The first-order valence-electron chi connectivity index (χ1n) is 7.78. The first-order valence-corrected chi connectivity index (χ1v) is 8.66. The van der Waals surface area contributed by atoms with Crippen molar-refractivity contribution >= 4 is 11.3 Å². The molecule has 1 aliphatic heterocycles. The van der Waals surface area contributed by atoms with Crippen LogP contribution in [0.5, 0.6) is 0 Å². The van der Waals surface area contributed by atoms with E-state index in [9.17, 15) is 0 Å². The van der Waals surface area contributed by atoms with Gasteiger partial charge in [0.15, 0.2) is 0 Å². The first kappa shape index (κ1) is 14.8. The molecule has 114 valence electrons. The molecule has 0 saturated carbocycles. The standard InChI is InChI=1S/C17H24N2OS/c1-4-18-10-16-12(2)9-14(20-16)11-19-7-5-17-15(13(19)3)6-8-21-17/h6,8-9,13,18H,4-5,7,10-11H2,1-3H3. The normalized spacial score (nSPS) is 18.9. The molecule has 4 heteroatoms. The fourth-order valence-electron chi connectivity index (χ4n) is 3.06. The number of fused-ring (bicyclic) bond motifs is 1. The van der Waals surface area contributed by atoms with Crippen molar-refractivity contribution in [2.45, 2.75) is 46.3 Å². The quantitative estimate of drug-likeness (QED) is 0.908. The van der Waals surface area contributed by atoms with Crippen LogP contribution in [0.4, 0.5) is 0 Å². The van der Waals surface area contributed by atoms with E-state index in [1.807, 2.05) is 11.3 Å². The molecular formula is C17H24N2OS. The number of thiophene rings is 1. The number of nitrogens with zero attached hydrogens (tertiary/aromatic N) is 1. The Labute approximate surface area is 131 Å². The number of aryl methyl sites for hydroxylation is 1. The Morgan fingerprint density at radius 2 is 2.33 bits per heavy atom. The van der Waals surface area contributed by atoms with E-state index in [1.165, 1.54) is 17.5 Å². The van der Waals surface area contributed by atoms with Gasteiger partial charge < -0.3 is 9.73 Å². The lowest BCUT2D eigenvalue weighted by Crippen LogP contribution is -2.32. The summed E-state index contributed by atoms with van der Waals surface area (Å²) in [7, 11) is 0. The fourth-order valence-corrected chi connectivity index (χ4v) is 4.02. The minimum Gasteiger partial charge on any atom is -0.463 e. The highest BCUT2D eigenvalue weighted by Gasteiger charge is 2.25. The zero-order valence-corrected chi connectivity index (χ0v) is 13.9. The van der Waals surface area contributed by atoms with E-state index >= 15 is 0 Å². The molecule has 3 nitrogen and oxygen atoms in total. The van der Waals surface area contributed by atoms with Crippen molar-refractivity contribution in [1.29, 1.82) is 0 Å². The maximum atomic E-state index is 6.04. The van der Waals surface area contributed by atoms with Crippen LogP contribution in [0.3, 0.4) is 0 Å². The van der Waals surface area contributed by atoms with E-state index in [0.717, 1.165) is 37.7 Å². The van der Waals surface area contributed by atoms with Gasteiger partial charge in [-0.05, 0) is 55.5 Å². The van der Waals surface area contributed by atoms with Crippen LogP contribution in [0.1, 0.15) is 47.4 Å². The van der Waals surface area contributed by atoms with Gasteiger partial charge in [-0.15, -0.1) is 11.3 Å². The molecular weight excluding hydrogens is 280 g/mol. The van der Waals surface area contributed by atoms with Crippen molar-refractivity contribution in [2.75, 3.05) is 13.1 Å². The molecule has 2 aromatic rings. The van der Waals surface area contributed by atoms with Crippen molar-refractivity contribution in [1.82, 2.24) is 10.2 Å². The molecule has 2 aromatic heterocycles.